The van der Waals surface area contributed by atoms with Crippen molar-refractivity contribution in [1.29, 1.82) is 0 Å². The summed E-state index contributed by atoms with van der Waals surface area (Å²) in [5.74, 6) is -2.40. The van der Waals surface area contributed by atoms with Gasteiger partial charge in [-0.25, -0.2) is 4.79 Å². The second kappa shape index (κ2) is 6.64. The van der Waals surface area contributed by atoms with Crippen molar-refractivity contribution in [2.45, 2.75) is 83.4 Å². The van der Waals surface area contributed by atoms with Crippen LogP contribution in [0.25, 0.3) is 0 Å². The number of esters is 2. The van der Waals surface area contributed by atoms with Crippen LogP contribution in [0.15, 0.2) is 12.2 Å². The fourth-order valence-corrected chi connectivity index (χ4v) is 4.52. The van der Waals surface area contributed by atoms with Gasteiger partial charge in [-0.15, -0.1) is 0 Å². The van der Waals surface area contributed by atoms with Crippen LogP contribution in [-0.2, 0) is 23.8 Å². The Morgan fingerprint density at radius 2 is 2.12 bits per heavy atom. The number of carbonyl (C=O) groups excluding carboxylic acids is 2. The van der Waals surface area contributed by atoms with Gasteiger partial charge in [0.1, 0.15) is 12.2 Å². The number of rotatable bonds is 3. The molecule has 1 N–H and O–H groups in total. The lowest BCUT2D eigenvalue weighted by atomic mass is 9.79. The summed E-state index contributed by atoms with van der Waals surface area (Å²) in [6, 6.07) is 0. The SMILES string of the molecule is C=C1C(=O)O[C@@H]2CC(C)[C@]3(O)CC[C@](C)(C[C@@H](OC(=O)CC(C)C)[C@@H]12)O3. The van der Waals surface area contributed by atoms with Crippen molar-refractivity contribution in [3.05, 3.63) is 12.2 Å². The molecule has 26 heavy (non-hydrogen) atoms. The Morgan fingerprint density at radius 3 is 2.77 bits per heavy atom. The first-order valence-electron chi connectivity index (χ1n) is 9.55. The van der Waals surface area contributed by atoms with Crippen molar-refractivity contribution in [3.8, 4) is 0 Å². The minimum Gasteiger partial charge on any atom is -0.461 e. The average Bonchev–Trinajstić information content (AvgIpc) is 2.96. The molecule has 3 heterocycles. The summed E-state index contributed by atoms with van der Waals surface area (Å²) < 4.78 is 17.4. The van der Waals surface area contributed by atoms with Gasteiger partial charge in [-0.05, 0) is 25.7 Å². The van der Waals surface area contributed by atoms with Crippen LogP contribution in [0, 0.1) is 17.8 Å². The molecule has 0 amide bonds. The highest BCUT2D eigenvalue weighted by Gasteiger charge is 2.56. The predicted octanol–water partition coefficient (Wildman–Crippen LogP) is 2.73. The Kier molecular flexibility index (Phi) is 4.95. The van der Waals surface area contributed by atoms with E-state index in [1.807, 2.05) is 27.7 Å². The highest BCUT2D eigenvalue weighted by atomic mass is 16.6. The van der Waals surface area contributed by atoms with Crippen molar-refractivity contribution in [2.24, 2.45) is 17.8 Å². The normalized spacial score (nSPS) is 42.7. The summed E-state index contributed by atoms with van der Waals surface area (Å²) in [5.41, 5.74) is -0.273. The first kappa shape index (κ1) is 19.4. The summed E-state index contributed by atoms with van der Waals surface area (Å²) in [6.07, 6.45) is 1.34. The lowest BCUT2D eigenvalue weighted by Crippen LogP contribution is -2.40. The number of fused-ring (bicyclic) bond motifs is 3. The van der Waals surface area contributed by atoms with Gasteiger partial charge < -0.3 is 19.3 Å². The molecule has 0 aromatic rings. The standard InChI is InChI=1S/C20H30O6/c1-11(2)8-16(21)24-15-10-19(5)6-7-20(23,26-19)12(3)9-14-17(15)13(4)18(22)25-14/h11-12,14-15,17,23H,4,6-10H2,1-3,5H3/t12?,14-,15-,17+,19-,20+/m1/s1. The van der Waals surface area contributed by atoms with E-state index in [0.29, 0.717) is 37.7 Å². The topological polar surface area (TPSA) is 82.1 Å². The van der Waals surface area contributed by atoms with Crippen LogP contribution < -0.4 is 0 Å². The van der Waals surface area contributed by atoms with Gasteiger partial charge in [0.2, 0.25) is 0 Å². The zero-order valence-electron chi connectivity index (χ0n) is 16.1. The van der Waals surface area contributed by atoms with Crippen molar-refractivity contribution >= 4 is 11.9 Å². The van der Waals surface area contributed by atoms with Gasteiger partial charge in [0.05, 0.1) is 11.5 Å². The highest BCUT2D eigenvalue weighted by molar-refractivity contribution is 5.91. The van der Waals surface area contributed by atoms with Gasteiger partial charge in [-0.3, -0.25) is 4.79 Å². The lowest BCUT2D eigenvalue weighted by molar-refractivity contribution is -0.250. The molecule has 146 valence electrons. The Labute approximate surface area is 154 Å². The van der Waals surface area contributed by atoms with Crippen LogP contribution in [0.3, 0.4) is 0 Å². The molecule has 1 unspecified atom stereocenters. The molecule has 3 aliphatic heterocycles. The lowest BCUT2D eigenvalue weighted by Gasteiger charge is -2.33. The maximum atomic E-state index is 12.4. The zero-order valence-corrected chi connectivity index (χ0v) is 16.1. The van der Waals surface area contributed by atoms with E-state index in [2.05, 4.69) is 6.58 Å². The van der Waals surface area contributed by atoms with E-state index >= 15 is 0 Å². The number of carbonyl (C=O) groups is 2. The van der Waals surface area contributed by atoms with Crippen LogP contribution in [0.1, 0.15) is 59.8 Å². The molecule has 0 aromatic heterocycles. The summed E-state index contributed by atoms with van der Waals surface area (Å²) in [6.45, 7) is 11.6. The molecule has 6 heteroatoms. The van der Waals surface area contributed by atoms with Crippen LogP contribution in [0.4, 0.5) is 0 Å². The second-order valence-electron chi connectivity index (χ2n) is 8.86. The minimum atomic E-state index is -1.24. The number of ether oxygens (including phenoxy) is 3. The summed E-state index contributed by atoms with van der Waals surface area (Å²) in [5, 5.41) is 10.9. The third-order valence-electron chi connectivity index (χ3n) is 6.01. The molecule has 0 aliphatic carbocycles. The van der Waals surface area contributed by atoms with E-state index in [1.165, 1.54) is 0 Å². The minimum absolute atomic E-state index is 0.183. The summed E-state index contributed by atoms with van der Waals surface area (Å²) in [7, 11) is 0. The predicted molar refractivity (Wildman–Crippen MR) is 93.9 cm³/mol. The van der Waals surface area contributed by atoms with Gasteiger partial charge in [0, 0.05) is 30.8 Å². The number of hydrogen-bond acceptors (Lipinski definition) is 6. The quantitative estimate of drug-likeness (QED) is 0.611. The van der Waals surface area contributed by atoms with Gasteiger partial charge >= 0.3 is 11.9 Å². The van der Waals surface area contributed by atoms with Crippen molar-refractivity contribution in [3.63, 3.8) is 0 Å². The summed E-state index contributed by atoms with van der Waals surface area (Å²) in [4.78, 5) is 24.5. The second-order valence-corrected chi connectivity index (χ2v) is 8.86. The molecule has 2 bridgehead atoms. The van der Waals surface area contributed by atoms with Gasteiger partial charge in [0.25, 0.3) is 0 Å². The fourth-order valence-electron chi connectivity index (χ4n) is 4.52. The Morgan fingerprint density at radius 1 is 1.42 bits per heavy atom. The van der Waals surface area contributed by atoms with Gasteiger partial charge in [-0.2, -0.15) is 0 Å². The molecule has 0 saturated carbocycles. The molecule has 6 atom stereocenters. The number of hydrogen-bond donors (Lipinski definition) is 1. The molecule has 3 aliphatic rings. The van der Waals surface area contributed by atoms with Crippen molar-refractivity contribution in [1.82, 2.24) is 0 Å². The molecular formula is C20H30O6. The first-order valence-corrected chi connectivity index (χ1v) is 9.55. The average molecular weight is 366 g/mol. The van der Waals surface area contributed by atoms with E-state index in [9.17, 15) is 14.7 Å². The van der Waals surface area contributed by atoms with Gasteiger partial charge in [0.15, 0.2) is 5.79 Å². The Hall–Kier alpha value is -1.40. The van der Waals surface area contributed by atoms with Gasteiger partial charge in [-0.1, -0.05) is 27.4 Å². The summed E-state index contributed by atoms with van der Waals surface area (Å²) >= 11 is 0. The zero-order chi connectivity index (χ0) is 19.3. The Bertz CT molecular complexity index is 613. The maximum absolute atomic E-state index is 12.4. The van der Waals surface area contributed by atoms with E-state index in [-0.39, 0.29) is 17.8 Å². The Balaban J connectivity index is 1.92. The highest BCUT2D eigenvalue weighted by Crippen LogP contribution is 2.49. The van der Waals surface area contributed by atoms with Crippen LogP contribution in [-0.4, -0.2) is 40.6 Å². The van der Waals surface area contributed by atoms with E-state index in [0.717, 1.165) is 0 Å². The van der Waals surface area contributed by atoms with E-state index in [4.69, 9.17) is 14.2 Å². The molecule has 0 aromatic carbocycles. The van der Waals surface area contributed by atoms with Crippen molar-refractivity contribution < 1.29 is 28.9 Å². The molecule has 3 rings (SSSR count). The maximum Gasteiger partial charge on any atom is 0.334 e. The van der Waals surface area contributed by atoms with Crippen LogP contribution in [0.5, 0.6) is 0 Å². The third-order valence-corrected chi connectivity index (χ3v) is 6.01. The molecular weight excluding hydrogens is 336 g/mol. The molecule has 3 saturated heterocycles. The first-order chi connectivity index (χ1) is 12.0. The molecule has 3 fully saturated rings. The van der Waals surface area contributed by atoms with E-state index in [1.54, 1.807) is 0 Å². The van der Waals surface area contributed by atoms with E-state index < -0.39 is 35.5 Å². The molecule has 0 spiro atoms. The molecule has 0 radical (unpaired) electrons. The molecule has 6 nitrogen and oxygen atoms in total. The monoisotopic (exact) mass is 366 g/mol. The number of aliphatic hydroxyl groups is 1. The van der Waals surface area contributed by atoms with Crippen LogP contribution >= 0.6 is 0 Å². The van der Waals surface area contributed by atoms with Crippen LogP contribution in [0.2, 0.25) is 0 Å². The fraction of sp³-hybridized carbons (Fsp3) is 0.800. The smallest absolute Gasteiger partial charge is 0.334 e. The van der Waals surface area contributed by atoms with Crippen molar-refractivity contribution in [2.75, 3.05) is 0 Å². The third kappa shape index (κ3) is 3.54. The largest absolute Gasteiger partial charge is 0.461 e.